The van der Waals surface area contributed by atoms with E-state index in [1.54, 1.807) is 24.4 Å². The minimum absolute atomic E-state index is 0.0990. The van der Waals surface area contributed by atoms with Crippen molar-refractivity contribution in [2.24, 2.45) is 0 Å². The fraction of sp³-hybridized carbons (Fsp3) is 0.250. The standard InChI is InChI=1S/C16H20N4O/c1-3-19-16(21)12-4-5-14(17)15(8-12)20-10-13-9-18-7-6-11(13)2/h4-9,20H,3,10,17H2,1-2H3,(H,19,21). The molecule has 0 saturated heterocycles. The molecular formula is C16H20N4O. The SMILES string of the molecule is CCNC(=O)c1ccc(N)c(NCc2cnccc2C)c1. The van der Waals surface area contributed by atoms with Crippen LogP contribution in [0, 0.1) is 6.92 Å². The fourth-order valence-electron chi connectivity index (χ4n) is 1.99. The number of benzene rings is 1. The van der Waals surface area contributed by atoms with Crippen LogP contribution in [0.5, 0.6) is 0 Å². The van der Waals surface area contributed by atoms with Gasteiger partial charge in [-0.15, -0.1) is 0 Å². The average molecular weight is 284 g/mol. The summed E-state index contributed by atoms with van der Waals surface area (Å²) in [7, 11) is 0. The Morgan fingerprint density at radius 2 is 2.14 bits per heavy atom. The van der Waals surface area contributed by atoms with Crippen molar-refractivity contribution in [2.75, 3.05) is 17.6 Å². The van der Waals surface area contributed by atoms with Crippen LogP contribution in [0.1, 0.15) is 28.4 Å². The number of aryl methyl sites for hydroxylation is 1. The van der Waals surface area contributed by atoms with Crippen molar-refractivity contribution in [3.05, 3.63) is 53.3 Å². The Kier molecular flexibility index (Phi) is 4.77. The maximum atomic E-state index is 11.8. The highest BCUT2D eigenvalue weighted by atomic mass is 16.1. The summed E-state index contributed by atoms with van der Waals surface area (Å²) in [4.78, 5) is 16.0. The summed E-state index contributed by atoms with van der Waals surface area (Å²) >= 11 is 0. The van der Waals surface area contributed by atoms with Gasteiger partial charge in [0.05, 0.1) is 11.4 Å². The summed E-state index contributed by atoms with van der Waals surface area (Å²) in [6.07, 6.45) is 3.59. The van der Waals surface area contributed by atoms with Crippen molar-refractivity contribution in [3.8, 4) is 0 Å². The van der Waals surface area contributed by atoms with E-state index >= 15 is 0 Å². The third-order valence-electron chi connectivity index (χ3n) is 3.27. The van der Waals surface area contributed by atoms with Crippen LogP contribution >= 0.6 is 0 Å². The minimum atomic E-state index is -0.0990. The predicted octanol–water partition coefficient (Wildman–Crippen LogP) is 2.33. The predicted molar refractivity (Wildman–Crippen MR) is 85.2 cm³/mol. The molecule has 4 N–H and O–H groups in total. The lowest BCUT2D eigenvalue weighted by Gasteiger charge is -2.12. The molecule has 0 saturated carbocycles. The number of nitrogen functional groups attached to an aromatic ring is 1. The zero-order valence-electron chi connectivity index (χ0n) is 12.3. The van der Waals surface area contributed by atoms with Crippen molar-refractivity contribution in [1.29, 1.82) is 0 Å². The molecule has 0 atom stereocenters. The van der Waals surface area contributed by atoms with Crippen LogP contribution in [0.2, 0.25) is 0 Å². The van der Waals surface area contributed by atoms with Crippen molar-refractivity contribution in [3.63, 3.8) is 0 Å². The Labute approximate surface area is 124 Å². The van der Waals surface area contributed by atoms with E-state index in [4.69, 9.17) is 5.73 Å². The zero-order chi connectivity index (χ0) is 15.2. The van der Waals surface area contributed by atoms with Crippen molar-refractivity contribution in [2.45, 2.75) is 20.4 Å². The second-order valence-electron chi connectivity index (χ2n) is 4.82. The van der Waals surface area contributed by atoms with Crippen LogP contribution < -0.4 is 16.4 Å². The number of hydrogen-bond acceptors (Lipinski definition) is 4. The van der Waals surface area contributed by atoms with E-state index < -0.39 is 0 Å². The van der Waals surface area contributed by atoms with Gasteiger partial charge in [0.1, 0.15) is 0 Å². The first-order chi connectivity index (χ1) is 10.1. The van der Waals surface area contributed by atoms with Crippen LogP contribution in [-0.4, -0.2) is 17.4 Å². The van der Waals surface area contributed by atoms with Crippen LogP contribution in [0.25, 0.3) is 0 Å². The normalized spacial score (nSPS) is 10.2. The summed E-state index contributed by atoms with van der Waals surface area (Å²) in [6.45, 7) is 5.14. The maximum absolute atomic E-state index is 11.8. The highest BCUT2D eigenvalue weighted by molar-refractivity contribution is 5.96. The molecule has 0 radical (unpaired) electrons. The first kappa shape index (κ1) is 14.8. The van der Waals surface area contributed by atoms with Crippen molar-refractivity contribution >= 4 is 17.3 Å². The minimum Gasteiger partial charge on any atom is -0.397 e. The number of nitrogens with zero attached hydrogens (tertiary/aromatic N) is 1. The summed E-state index contributed by atoms with van der Waals surface area (Å²) in [5.74, 6) is -0.0990. The Bertz CT molecular complexity index is 640. The van der Waals surface area contributed by atoms with Gasteiger partial charge in [0.25, 0.3) is 5.91 Å². The Hall–Kier alpha value is -2.56. The zero-order valence-corrected chi connectivity index (χ0v) is 12.3. The van der Waals surface area contributed by atoms with Gasteiger partial charge in [-0.05, 0) is 49.2 Å². The van der Waals surface area contributed by atoms with Crippen molar-refractivity contribution in [1.82, 2.24) is 10.3 Å². The number of nitrogens with two attached hydrogens (primary N) is 1. The molecule has 1 amide bonds. The van der Waals surface area contributed by atoms with Crippen LogP contribution in [-0.2, 0) is 6.54 Å². The number of nitrogens with one attached hydrogen (secondary N) is 2. The molecule has 0 fully saturated rings. The highest BCUT2D eigenvalue weighted by Gasteiger charge is 2.08. The van der Waals surface area contributed by atoms with Gasteiger partial charge in [-0.25, -0.2) is 0 Å². The van der Waals surface area contributed by atoms with Crippen LogP contribution in [0.4, 0.5) is 11.4 Å². The molecule has 0 aliphatic carbocycles. The van der Waals surface area contributed by atoms with E-state index in [-0.39, 0.29) is 5.91 Å². The number of hydrogen-bond donors (Lipinski definition) is 3. The number of rotatable bonds is 5. The monoisotopic (exact) mass is 284 g/mol. The highest BCUT2D eigenvalue weighted by Crippen LogP contribution is 2.21. The number of carbonyl (C=O) groups is 1. The summed E-state index contributed by atoms with van der Waals surface area (Å²) in [6, 6.07) is 7.20. The lowest BCUT2D eigenvalue weighted by atomic mass is 10.1. The van der Waals surface area contributed by atoms with Gasteiger partial charge in [-0.3, -0.25) is 9.78 Å². The first-order valence-corrected chi connectivity index (χ1v) is 6.93. The molecule has 0 spiro atoms. The molecule has 21 heavy (non-hydrogen) atoms. The molecule has 5 nitrogen and oxygen atoms in total. The Morgan fingerprint density at radius 3 is 2.86 bits per heavy atom. The maximum Gasteiger partial charge on any atom is 0.251 e. The third kappa shape index (κ3) is 3.72. The van der Waals surface area contributed by atoms with Gasteiger partial charge in [-0.2, -0.15) is 0 Å². The topological polar surface area (TPSA) is 80.0 Å². The van der Waals surface area contributed by atoms with Gasteiger partial charge >= 0.3 is 0 Å². The molecule has 5 heteroatoms. The van der Waals surface area contributed by atoms with Crippen LogP contribution in [0.3, 0.4) is 0 Å². The van der Waals surface area contributed by atoms with Crippen molar-refractivity contribution < 1.29 is 4.79 Å². The van der Waals surface area contributed by atoms with Gasteiger partial charge in [0.2, 0.25) is 0 Å². The number of amides is 1. The molecule has 0 bridgehead atoms. The van der Waals surface area contributed by atoms with E-state index in [1.807, 2.05) is 26.1 Å². The molecule has 0 unspecified atom stereocenters. The Morgan fingerprint density at radius 1 is 1.33 bits per heavy atom. The summed E-state index contributed by atoms with van der Waals surface area (Å²) in [5.41, 5.74) is 10.2. The van der Waals surface area contributed by atoms with E-state index in [2.05, 4.69) is 15.6 Å². The number of carbonyl (C=O) groups excluding carboxylic acids is 1. The van der Waals surface area contributed by atoms with Gasteiger partial charge in [0, 0.05) is 31.0 Å². The van der Waals surface area contributed by atoms with Gasteiger partial charge < -0.3 is 16.4 Å². The average Bonchev–Trinajstić information content (AvgIpc) is 2.48. The van der Waals surface area contributed by atoms with E-state index in [0.29, 0.717) is 24.3 Å². The summed E-state index contributed by atoms with van der Waals surface area (Å²) < 4.78 is 0. The molecule has 1 aromatic heterocycles. The molecule has 2 aromatic rings. The molecular weight excluding hydrogens is 264 g/mol. The smallest absolute Gasteiger partial charge is 0.251 e. The van der Waals surface area contributed by atoms with E-state index in [9.17, 15) is 4.79 Å². The number of pyridine rings is 1. The van der Waals surface area contributed by atoms with E-state index in [0.717, 1.165) is 16.8 Å². The largest absolute Gasteiger partial charge is 0.397 e. The molecule has 110 valence electrons. The quantitative estimate of drug-likeness (QED) is 0.736. The number of anilines is 2. The third-order valence-corrected chi connectivity index (χ3v) is 3.27. The fourth-order valence-corrected chi connectivity index (χ4v) is 1.99. The molecule has 0 aliphatic heterocycles. The molecule has 1 aromatic carbocycles. The lowest BCUT2D eigenvalue weighted by molar-refractivity contribution is 0.0956. The van der Waals surface area contributed by atoms with E-state index in [1.165, 1.54) is 0 Å². The molecule has 1 heterocycles. The van der Waals surface area contributed by atoms with Crippen LogP contribution in [0.15, 0.2) is 36.7 Å². The Balaban J connectivity index is 2.14. The molecule has 2 rings (SSSR count). The lowest BCUT2D eigenvalue weighted by Crippen LogP contribution is -2.22. The first-order valence-electron chi connectivity index (χ1n) is 6.93. The number of aromatic nitrogens is 1. The van der Waals surface area contributed by atoms with Gasteiger partial charge in [-0.1, -0.05) is 0 Å². The second-order valence-corrected chi connectivity index (χ2v) is 4.82. The second kappa shape index (κ2) is 6.74. The molecule has 0 aliphatic rings. The van der Waals surface area contributed by atoms with Gasteiger partial charge in [0.15, 0.2) is 0 Å². The summed E-state index contributed by atoms with van der Waals surface area (Å²) in [5, 5.41) is 6.04.